The highest BCUT2D eigenvalue weighted by Gasteiger charge is 2.28. The number of fused-ring (bicyclic) bond motifs is 3. The Labute approximate surface area is 249 Å². The Balaban J connectivity index is 1.06. The third-order valence-corrected chi connectivity index (χ3v) is 8.09. The summed E-state index contributed by atoms with van der Waals surface area (Å²) < 4.78 is 16.9. The zero-order valence-corrected chi connectivity index (χ0v) is 25.7. The van der Waals surface area contributed by atoms with Crippen LogP contribution in [-0.4, -0.2) is 45.7 Å². The lowest BCUT2D eigenvalue weighted by Gasteiger charge is -2.14. The van der Waals surface area contributed by atoms with Gasteiger partial charge in [0.05, 0.1) is 13.2 Å². The largest absolute Gasteiger partial charge is 0.449 e. The number of carbonyl (C=O) groups excluding carboxylic acids is 1. The van der Waals surface area contributed by atoms with Gasteiger partial charge in [-0.05, 0) is 35.1 Å². The predicted molar refractivity (Wildman–Crippen MR) is 170 cm³/mol. The zero-order chi connectivity index (χ0) is 28.8. The van der Waals surface area contributed by atoms with Crippen LogP contribution in [0.2, 0.25) is 0 Å². The van der Waals surface area contributed by atoms with Crippen LogP contribution in [0, 0.1) is 0 Å². The summed E-state index contributed by atoms with van der Waals surface area (Å²) in [6, 6.07) is 16.7. The molecule has 1 N–H and O–H groups in total. The highest BCUT2D eigenvalue weighted by molar-refractivity contribution is 5.79. The van der Waals surface area contributed by atoms with Crippen molar-refractivity contribution >= 4 is 6.09 Å². The Hall–Kier alpha value is -2.37. The first-order valence-electron chi connectivity index (χ1n) is 16.6. The number of benzene rings is 2. The lowest BCUT2D eigenvalue weighted by molar-refractivity contribution is 0.0453. The normalized spacial score (nSPS) is 12.3. The van der Waals surface area contributed by atoms with Crippen LogP contribution in [0.25, 0.3) is 11.1 Å². The highest BCUT2D eigenvalue weighted by atomic mass is 16.5. The summed E-state index contributed by atoms with van der Waals surface area (Å²) in [4.78, 5) is 12.2. The van der Waals surface area contributed by atoms with Crippen LogP contribution in [-0.2, 0) is 14.2 Å². The van der Waals surface area contributed by atoms with E-state index < -0.39 is 0 Å². The van der Waals surface area contributed by atoms with Gasteiger partial charge >= 0.3 is 6.09 Å². The molecule has 0 heterocycles. The predicted octanol–water partition coefficient (Wildman–Crippen LogP) is 9.43. The Morgan fingerprint density at radius 1 is 0.610 bits per heavy atom. The van der Waals surface area contributed by atoms with E-state index in [9.17, 15) is 4.79 Å². The summed E-state index contributed by atoms with van der Waals surface area (Å²) in [5.74, 6) is 0.0843. The molecule has 2 aromatic rings. The minimum atomic E-state index is -0.372. The zero-order valence-electron chi connectivity index (χ0n) is 25.7. The molecular formula is C36H55NO4. The third kappa shape index (κ3) is 13.0. The Bertz CT molecular complexity index is 917. The quantitative estimate of drug-likeness (QED) is 0.129. The van der Waals surface area contributed by atoms with Gasteiger partial charge in [-0.2, -0.15) is 0 Å². The molecule has 5 nitrogen and oxygen atoms in total. The van der Waals surface area contributed by atoms with Crippen LogP contribution in [0.4, 0.5) is 4.79 Å². The molecule has 0 saturated heterocycles. The van der Waals surface area contributed by atoms with Gasteiger partial charge in [0.1, 0.15) is 6.61 Å². The van der Waals surface area contributed by atoms with Crippen LogP contribution < -0.4 is 5.32 Å². The van der Waals surface area contributed by atoms with Crippen LogP contribution >= 0.6 is 0 Å². The molecule has 0 spiro atoms. The second-order valence-corrected chi connectivity index (χ2v) is 11.4. The Kier molecular flexibility index (Phi) is 17.3. The highest BCUT2D eigenvalue weighted by Crippen LogP contribution is 2.44. The van der Waals surface area contributed by atoms with Crippen molar-refractivity contribution in [3.8, 4) is 11.1 Å². The minimum Gasteiger partial charge on any atom is -0.449 e. The standard InChI is InChI=1S/C36H55NO4/c1-2-3-4-5-6-7-8-9-10-11-12-13-14-19-26-39-28-29-40-27-20-25-37-36(38)41-30-35-33-23-17-15-21-31(33)32-22-16-18-24-34(32)35/h15-18,21-24,35H,2-14,19-20,25-30H2,1H3,(H,37,38). The van der Waals surface area contributed by atoms with Crippen molar-refractivity contribution in [3.05, 3.63) is 59.7 Å². The minimum absolute atomic E-state index is 0.0843. The molecule has 3 rings (SSSR count). The summed E-state index contributed by atoms with van der Waals surface area (Å²) in [6.07, 6.45) is 19.6. The van der Waals surface area contributed by atoms with Crippen LogP contribution in [0.3, 0.4) is 0 Å². The fourth-order valence-electron chi connectivity index (χ4n) is 5.73. The fraction of sp³-hybridized carbons (Fsp3) is 0.639. The van der Waals surface area contributed by atoms with Gasteiger partial charge in [0.2, 0.25) is 0 Å². The maximum Gasteiger partial charge on any atom is 0.407 e. The van der Waals surface area contributed by atoms with E-state index in [1.807, 2.05) is 12.1 Å². The number of nitrogens with one attached hydrogen (secondary N) is 1. The number of hydrogen-bond acceptors (Lipinski definition) is 4. The lowest BCUT2D eigenvalue weighted by Crippen LogP contribution is -2.27. The first-order chi connectivity index (χ1) is 20.3. The third-order valence-electron chi connectivity index (χ3n) is 8.09. The second kappa shape index (κ2) is 21.4. The molecule has 0 aromatic heterocycles. The molecule has 0 unspecified atom stereocenters. The van der Waals surface area contributed by atoms with E-state index >= 15 is 0 Å². The SMILES string of the molecule is CCCCCCCCCCCCCCCCOCCOCCCNC(=O)OCC1c2ccccc2-c2ccccc21. The molecule has 1 amide bonds. The summed E-state index contributed by atoms with van der Waals surface area (Å²) in [5.41, 5.74) is 4.92. The van der Waals surface area contributed by atoms with Gasteiger partial charge in [0.15, 0.2) is 0 Å². The molecule has 5 heteroatoms. The van der Waals surface area contributed by atoms with E-state index in [1.165, 1.54) is 106 Å². The van der Waals surface area contributed by atoms with Gasteiger partial charge in [0, 0.05) is 25.7 Å². The maximum absolute atomic E-state index is 12.2. The van der Waals surface area contributed by atoms with Crippen molar-refractivity contribution in [2.45, 2.75) is 109 Å². The Morgan fingerprint density at radius 3 is 1.61 bits per heavy atom. The molecule has 0 atom stereocenters. The monoisotopic (exact) mass is 565 g/mol. The van der Waals surface area contributed by atoms with E-state index in [1.54, 1.807) is 0 Å². The number of hydrogen-bond donors (Lipinski definition) is 1. The van der Waals surface area contributed by atoms with Gasteiger partial charge in [-0.1, -0.05) is 139 Å². The van der Waals surface area contributed by atoms with E-state index in [2.05, 4.69) is 48.6 Å². The van der Waals surface area contributed by atoms with E-state index in [0.29, 0.717) is 33.0 Å². The van der Waals surface area contributed by atoms with Gasteiger partial charge in [-0.25, -0.2) is 4.79 Å². The number of carbonyl (C=O) groups is 1. The first-order valence-corrected chi connectivity index (χ1v) is 16.6. The van der Waals surface area contributed by atoms with Crippen molar-refractivity contribution in [2.24, 2.45) is 0 Å². The number of ether oxygens (including phenoxy) is 3. The molecule has 41 heavy (non-hydrogen) atoms. The molecule has 0 aliphatic heterocycles. The van der Waals surface area contributed by atoms with Gasteiger partial charge < -0.3 is 19.5 Å². The molecule has 1 aliphatic rings. The van der Waals surface area contributed by atoms with Crippen molar-refractivity contribution in [1.82, 2.24) is 5.32 Å². The summed E-state index contributed by atoms with van der Waals surface area (Å²) in [6.45, 7) is 5.83. The Morgan fingerprint density at radius 2 is 1.07 bits per heavy atom. The molecule has 0 bridgehead atoms. The van der Waals surface area contributed by atoms with Gasteiger partial charge in [-0.3, -0.25) is 0 Å². The average molecular weight is 566 g/mol. The van der Waals surface area contributed by atoms with Crippen molar-refractivity contribution < 1.29 is 19.0 Å². The molecule has 228 valence electrons. The second-order valence-electron chi connectivity index (χ2n) is 11.4. The van der Waals surface area contributed by atoms with Crippen LogP contribution in [0.15, 0.2) is 48.5 Å². The number of amides is 1. The van der Waals surface area contributed by atoms with Gasteiger partial charge in [-0.15, -0.1) is 0 Å². The number of unbranched alkanes of at least 4 members (excludes halogenated alkanes) is 13. The topological polar surface area (TPSA) is 56.8 Å². The lowest BCUT2D eigenvalue weighted by atomic mass is 9.98. The molecule has 1 aliphatic carbocycles. The van der Waals surface area contributed by atoms with Crippen molar-refractivity contribution in [1.29, 1.82) is 0 Å². The maximum atomic E-state index is 12.2. The van der Waals surface area contributed by atoms with Crippen molar-refractivity contribution in [2.75, 3.05) is 39.6 Å². The molecular weight excluding hydrogens is 510 g/mol. The molecule has 0 saturated carbocycles. The van der Waals surface area contributed by atoms with Crippen molar-refractivity contribution in [3.63, 3.8) is 0 Å². The summed E-state index contributed by atoms with van der Waals surface area (Å²) in [5, 5.41) is 2.84. The van der Waals surface area contributed by atoms with Crippen LogP contribution in [0.5, 0.6) is 0 Å². The fourth-order valence-corrected chi connectivity index (χ4v) is 5.73. The smallest absolute Gasteiger partial charge is 0.407 e. The summed E-state index contributed by atoms with van der Waals surface area (Å²) in [7, 11) is 0. The number of rotatable bonds is 24. The average Bonchev–Trinajstić information content (AvgIpc) is 3.32. The molecule has 0 fully saturated rings. The van der Waals surface area contributed by atoms with Gasteiger partial charge in [0.25, 0.3) is 0 Å². The molecule has 0 radical (unpaired) electrons. The first kappa shape index (κ1) is 33.1. The summed E-state index contributed by atoms with van der Waals surface area (Å²) >= 11 is 0. The van der Waals surface area contributed by atoms with Crippen LogP contribution in [0.1, 0.15) is 120 Å². The number of alkyl carbamates (subject to hydrolysis) is 1. The van der Waals surface area contributed by atoms with E-state index in [-0.39, 0.29) is 12.0 Å². The van der Waals surface area contributed by atoms with E-state index in [0.717, 1.165) is 19.4 Å². The molecule has 2 aromatic carbocycles. The van der Waals surface area contributed by atoms with E-state index in [4.69, 9.17) is 14.2 Å².